The average molecular weight is 386 g/mol. The summed E-state index contributed by atoms with van der Waals surface area (Å²) in [5.41, 5.74) is 2.08. The molecule has 27 heavy (non-hydrogen) atoms. The SMILES string of the molecule is CCCN(CCC)C(=O)Cc1c2ncccc2c(O)n1-c1ccc(Cl)cc1. The smallest absolute Gasteiger partial charge is 0.228 e. The van der Waals surface area contributed by atoms with Crippen molar-refractivity contribution in [3.8, 4) is 11.6 Å². The molecular weight excluding hydrogens is 362 g/mol. The lowest BCUT2D eigenvalue weighted by Crippen LogP contribution is -2.34. The molecule has 2 heterocycles. The second-order valence-electron chi connectivity index (χ2n) is 6.54. The summed E-state index contributed by atoms with van der Waals surface area (Å²) in [6.45, 7) is 5.58. The van der Waals surface area contributed by atoms with Gasteiger partial charge < -0.3 is 10.0 Å². The molecule has 0 radical (unpaired) electrons. The number of hydrogen-bond acceptors (Lipinski definition) is 3. The van der Waals surface area contributed by atoms with Crippen molar-refractivity contribution >= 4 is 28.4 Å². The minimum Gasteiger partial charge on any atom is -0.494 e. The van der Waals surface area contributed by atoms with E-state index in [2.05, 4.69) is 18.8 Å². The van der Waals surface area contributed by atoms with E-state index in [-0.39, 0.29) is 18.2 Å². The Kier molecular flexibility index (Phi) is 6.01. The number of nitrogens with zero attached hydrogens (tertiary/aromatic N) is 3. The Morgan fingerprint density at radius 3 is 2.44 bits per heavy atom. The highest BCUT2D eigenvalue weighted by Crippen LogP contribution is 2.34. The van der Waals surface area contributed by atoms with Gasteiger partial charge in [0.25, 0.3) is 0 Å². The standard InChI is InChI=1S/C21H24ClN3O2/c1-3-12-24(13-4-2)19(26)14-18-20-17(6-5-11-23-20)21(27)25(18)16-9-7-15(22)8-10-16/h5-11,27H,3-4,12-14H2,1-2H3. The van der Waals surface area contributed by atoms with Gasteiger partial charge in [0.1, 0.15) is 0 Å². The Balaban J connectivity index is 2.09. The number of aromatic hydroxyl groups is 1. The van der Waals surface area contributed by atoms with E-state index in [1.165, 1.54) is 0 Å². The van der Waals surface area contributed by atoms with Crippen LogP contribution in [0.4, 0.5) is 0 Å². The maximum Gasteiger partial charge on any atom is 0.228 e. The summed E-state index contributed by atoms with van der Waals surface area (Å²) in [7, 11) is 0. The third-order valence-corrected chi connectivity index (χ3v) is 4.80. The molecule has 3 rings (SSSR count). The molecule has 2 aromatic heterocycles. The first kappa shape index (κ1) is 19.2. The highest BCUT2D eigenvalue weighted by Gasteiger charge is 2.23. The van der Waals surface area contributed by atoms with Crippen LogP contribution in [-0.2, 0) is 11.2 Å². The normalized spacial score (nSPS) is 11.1. The first-order chi connectivity index (χ1) is 13.1. The number of halogens is 1. The van der Waals surface area contributed by atoms with Crippen molar-refractivity contribution in [1.82, 2.24) is 14.5 Å². The molecule has 0 aliphatic rings. The van der Waals surface area contributed by atoms with E-state index >= 15 is 0 Å². The lowest BCUT2D eigenvalue weighted by molar-refractivity contribution is -0.130. The van der Waals surface area contributed by atoms with Crippen LogP contribution in [0.3, 0.4) is 0 Å². The maximum atomic E-state index is 13.0. The van der Waals surface area contributed by atoms with Gasteiger partial charge in [0.15, 0.2) is 0 Å². The molecule has 3 aromatic rings. The summed E-state index contributed by atoms with van der Waals surface area (Å²) >= 11 is 6.01. The van der Waals surface area contributed by atoms with Gasteiger partial charge in [-0.25, -0.2) is 0 Å². The number of fused-ring (bicyclic) bond motifs is 1. The van der Waals surface area contributed by atoms with Gasteiger partial charge in [-0.15, -0.1) is 0 Å². The van der Waals surface area contributed by atoms with Crippen molar-refractivity contribution in [2.24, 2.45) is 0 Å². The predicted molar refractivity (Wildman–Crippen MR) is 109 cm³/mol. The Morgan fingerprint density at radius 1 is 1.15 bits per heavy atom. The summed E-state index contributed by atoms with van der Waals surface area (Å²) < 4.78 is 1.70. The molecule has 0 aliphatic heterocycles. The number of carbonyl (C=O) groups is 1. The molecule has 0 fully saturated rings. The molecule has 0 atom stereocenters. The maximum absolute atomic E-state index is 13.0. The number of amides is 1. The van der Waals surface area contributed by atoms with Crippen LogP contribution >= 0.6 is 11.6 Å². The summed E-state index contributed by atoms with van der Waals surface area (Å²) in [6, 6.07) is 10.8. The number of hydrogen-bond donors (Lipinski definition) is 1. The summed E-state index contributed by atoms with van der Waals surface area (Å²) in [5, 5.41) is 12.1. The quantitative estimate of drug-likeness (QED) is 0.647. The van der Waals surface area contributed by atoms with Gasteiger partial charge in [-0.05, 0) is 49.2 Å². The van der Waals surface area contributed by atoms with E-state index in [4.69, 9.17) is 11.6 Å². The Bertz CT molecular complexity index is 928. The van der Waals surface area contributed by atoms with Gasteiger partial charge in [-0.1, -0.05) is 25.4 Å². The van der Waals surface area contributed by atoms with Crippen LogP contribution in [0, 0.1) is 0 Å². The second-order valence-corrected chi connectivity index (χ2v) is 6.98. The van der Waals surface area contributed by atoms with Crippen LogP contribution < -0.4 is 0 Å². The van der Waals surface area contributed by atoms with Crippen LogP contribution in [-0.4, -0.2) is 38.6 Å². The largest absolute Gasteiger partial charge is 0.494 e. The summed E-state index contributed by atoms with van der Waals surface area (Å²) in [5.74, 6) is 0.125. The average Bonchev–Trinajstić information content (AvgIpc) is 2.95. The molecule has 142 valence electrons. The fourth-order valence-electron chi connectivity index (χ4n) is 3.36. The lowest BCUT2D eigenvalue weighted by Gasteiger charge is -2.22. The molecule has 0 saturated carbocycles. The van der Waals surface area contributed by atoms with Crippen LogP contribution in [0.25, 0.3) is 16.6 Å². The predicted octanol–water partition coefficient (Wildman–Crippen LogP) is 4.58. The van der Waals surface area contributed by atoms with Crippen molar-refractivity contribution in [2.45, 2.75) is 33.1 Å². The summed E-state index contributed by atoms with van der Waals surface area (Å²) in [4.78, 5) is 19.3. The van der Waals surface area contributed by atoms with E-state index in [0.717, 1.165) is 31.6 Å². The number of aromatic nitrogens is 2. The molecule has 0 spiro atoms. The first-order valence-corrected chi connectivity index (χ1v) is 9.65. The number of pyridine rings is 1. The molecule has 6 heteroatoms. The van der Waals surface area contributed by atoms with Crippen molar-refractivity contribution < 1.29 is 9.90 Å². The number of rotatable bonds is 7. The zero-order valence-electron chi connectivity index (χ0n) is 15.7. The van der Waals surface area contributed by atoms with Crippen LogP contribution in [0.2, 0.25) is 5.02 Å². The van der Waals surface area contributed by atoms with Gasteiger partial charge >= 0.3 is 0 Å². The summed E-state index contributed by atoms with van der Waals surface area (Å²) in [6.07, 6.45) is 3.68. The van der Waals surface area contributed by atoms with E-state index in [1.54, 1.807) is 29.0 Å². The minimum absolute atomic E-state index is 0.0407. The molecule has 5 nitrogen and oxygen atoms in total. The van der Waals surface area contributed by atoms with E-state index in [0.29, 0.717) is 21.6 Å². The molecule has 1 N–H and O–H groups in total. The Labute approximate surface area is 164 Å². The topological polar surface area (TPSA) is 58.4 Å². The molecule has 0 bridgehead atoms. The third kappa shape index (κ3) is 3.93. The second kappa shape index (κ2) is 8.44. The van der Waals surface area contributed by atoms with Crippen molar-refractivity contribution in [2.75, 3.05) is 13.1 Å². The van der Waals surface area contributed by atoms with Gasteiger partial charge in [-0.3, -0.25) is 14.3 Å². The van der Waals surface area contributed by atoms with Crippen LogP contribution in [0.5, 0.6) is 5.88 Å². The number of carbonyl (C=O) groups excluding carboxylic acids is 1. The fraction of sp³-hybridized carbons (Fsp3) is 0.333. The van der Waals surface area contributed by atoms with Gasteiger partial charge in [-0.2, -0.15) is 0 Å². The van der Waals surface area contributed by atoms with E-state index in [1.807, 2.05) is 23.1 Å². The number of benzene rings is 1. The lowest BCUT2D eigenvalue weighted by atomic mass is 10.2. The van der Waals surface area contributed by atoms with Crippen molar-refractivity contribution in [3.05, 3.63) is 53.3 Å². The minimum atomic E-state index is 0.0407. The molecule has 0 unspecified atom stereocenters. The molecular formula is C21H24ClN3O2. The van der Waals surface area contributed by atoms with Crippen LogP contribution in [0.15, 0.2) is 42.6 Å². The van der Waals surface area contributed by atoms with E-state index in [9.17, 15) is 9.90 Å². The van der Waals surface area contributed by atoms with E-state index < -0.39 is 0 Å². The monoisotopic (exact) mass is 385 g/mol. The first-order valence-electron chi connectivity index (χ1n) is 9.27. The van der Waals surface area contributed by atoms with Crippen molar-refractivity contribution in [1.29, 1.82) is 0 Å². The zero-order chi connectivity index (χ0) is 19.4. The highest BCUT2D eigenvalue weighted by atomic mass is 35.5. The van der Waals surface area contributed by atoms with Gasteiger partial charge in [0, 0.05) is 30.0 Å². The molecule has 0 aliphatic carbocycles. The molecule has 1 aromatic carbocycles. The zero-order valence-corrected chi connectivity index (χ0v) is 16.4. The Morgan fingerprint density at radius 2 is 1.81 bits per heavy atom. The highest BCUT2D eigenvalue weighted by molar-refractivity contribution is 6.30. The van der Waals surface area contributed by atoms with Crippen molar-refractivity contribution in [3.63, 3.8) is 0 Å². The van der Waals surface area contributed by atoms with Crippen LogP contribution in [0.1, 0.15) is 32.4 Å². The molecule has 1 amide bonds. The molecule has 0 saturated heterocycles. The van der Waals surface area contributed by atoms with Gasteiger partial charge in [0.05, 0.1) is 23.0 Å². The Hall–Kier alpha value is -2.53. The third-order valence-electron chi connectivity index (χ3n) is 4.55. The van der Waals surface area contributed by atoms with Gasteiger partial charge in [0.2, 0.25) is 11.8 Å². The fourth-order valence-corrected chi connectivity index (χ4v) is 3.48.